The lowest BCUT2D eigenvalue weighted by Crippen LogP contribution is -2.03. The molecule has 0 fully saturated rings. The smallest absolute Gasteiger partial charge is 0.229 e. The number of anilines is 4. The minimum absolute atomic E-state index is 0.0197. The number of nitrogens with zero attached hydrogens (tertiary/aromatic N) is 2. The molecule has 0 aliphatic rings. The van der Waals surface area contributed by atoms with E-state index in [9.17, 15) is 4.79 Å². The maximum Gasteiger partial charge on any atom is 0.229 e. The summed E-state index contributed by atoms with van der Waals surface area (Å²) in [5.74, 6) is 1.83. The summed E-state index contributed by atoms with van der Waals surface area (Å²) in [6.45, 7) is 4.06. The van der Waals surface area contributed by atoms with E-state index in [1.54, 1.807) is 31.3 Å². The van der Waals surface area contributed by atoms with Crippen LogP contribution in [0.15, 0.2) is 60.8 Å². The van der Waals surface area contributed by atoms with E-state index in [0.717, 1.165) is 17.1 Å². The number of benzene rings is 2. The summed E-state index contributed by atoms with van der Waals surface area (Å²) in [5.41, 5.74) is 2.23. The Morgan fingerprint density at radius 2 is 1.92 bits per heavy atom. The summed E-state index contributed by atoms with van der Waals surface area (Å²) >= 11 is 0. The van der Waals surface area contributed by atoms with Gasteiger partial charge in [-0.15, -0.1) is 0 Å². The normalized spacial score (nSPS) is 10.2. The van der Waals surface area contributed by atoms with Crippen molar-refractivity contribution in [2.24, 2.45) is 0 Å². The van der Waals surface area contributed by atoms with Crippen LogP contribution in [0.25, 0.3) is 0 Å². The van der Waals surface area contributed by atoms with Crippen molar-refractivity contribution < 1.29 is 9.53 Å². The third kappa shape index (κ3) is 4.36. The Hall–Kier alpha value is -3.41. The molecule has 3 aromatic rings. The van der Waals surface area contributed by atoms with Gasteiger partial charge in [-0.2, -0.15) is 4.98 Å². The molecule has 1 aromatic heterocycles. The van der Waals surface area contributed by atoms with Gasteiger partial charge in [0.1, 0.15) is 11.6 Å². The van der Waals surface area contributed by atoms with Crippen LogP contribution in [0, 0.1) is 0 Å². The lowest BCUT2D eigenvalue weighted by atomic mass is 10.1. The summed E-state index contributed by atoms with van der Waals surface area (Å²) in [6, 6.07) is 16.7. The van der Waals surface area contributed by atoms with Crippen LogP contribution in [0.1, 0.15) is 24.2 Å². The Labute approximate surface area is 152 Å². The second-order valence-corrected chi connectivity index (χ2v) is 5.58. The minimum Gasteiger partial charge on any atom is -0.492 e. The van der Waals surface area contributed by atoms with E-state index in [2.05, 4.69) is 20.6 Å². The van der Waals surface area contributed by atoms with E-state index in [4.69, 9.17) is 4.74 Å². The van der Waals surface area contributed by atoms with Crippen molar-refractivity contribution in [2.45, 2.75) is 13.8 Å². The quantitative estimate of drug-likeness (QED) is 0.609. The van der Waals surface area contributed by atoms with Crippen LogP contribution in [-0.2, 0) is 0 Å². The summed E-state index contributed by atoms with van der Waals surface area (Å²) < 4.78 is 5.61. The number of ketones is 1. The first kappa shape index (κ1) is 17.4. The monoisotopic (exact) mass is 348 g/mol. The third-order valence-corrected chi connectivity index (χ3v) is 3.63. The molecule has 0 saturated heterocycles. The average molecular weight is 348 g/mol. The molecule has 0 spiro atoms. The first-order valence-electron chi connectivity index (χ1n) is 8.35. The van der Waals surface area contributed by atoms with Crippen molar-refractivity contribution in [2.75, 3.05) is 17.2 Å². The molecule has 2 aromatic carbocycles. The fourth-order valence-corrected chi connectivity index (χ4v) is 2.42. The molecule has 6 nitrogen and oxygen atoms in total. The van der Waals surface area contributed by atoms with Gasteiger partial charge in [-0.05, 0) is 44.2 Å². The Kier molecular flexibility index (Phi) is 5.43. The number of Topliss-reactive ketones (excluding diaryl/α,β-unsaturated/α-hetero) is 1. The van der Waals surface area contributed by atoms with E-state index in [0.29, 0.717) is 23.9 Å². The molecule has 0 aliphatic heterocycles. The van der Waals surface area contributed by atoms with Gasteiger partial charge in [0, 0.05) is 17.4 Å². The summed E-state index contributed by atoms with van der Waals surface area (Å²) in [4.78, 5) is 20.2. The van der Waals surface area contributed by atoms with Gasteiger partial charge in [-0.1, -0.05) is 24.3 Å². The van der Waals surface area contributed by atoms with E-state index in [-0.39, 0.29) is 5.78 Å². The molecule has 0 atom stereocenters. The Balaban J connectivity index is 1.79. The topological polar surface area (TPSA) is 76.1 Å². The SMILES string of the molecule is CCOc1ccccc1Nc1nccc(Nc2cccc(C(C)=O)c2)n1. The summed E-state index contributed by atoms with van der Waals surface area (Å²) in [5, 5.41) is 6.36. The zero-order chi connectivity index (χ0) is 18.4. The van der Waals surface area contributed by atoms with Gasteiger partial charge in [-0.3, -0.25) is 4.79 Å². The summed E-state index contributed by atoms with van der Waals surface area (Å²) in [6.07, 6.45) is 1.66. The van der Waals surface area contributed by atoms with Crippen molar-refractivity contribution >= 4 is 28.9 Å². The van der Waals surface area contributed by atoms with Gasteiger partial charge < -0.3 is 15.4 Å². The number of hydrogen-bond acceptors (Lipinski definition) is 6. The van der Waals surface area contributed by atoms with Gasteiger partial charge in [0.15, 0.2) is 5.78 Å². The van der Waals surface area contributed by atoms with Crippen molar-refractivity contribution in [1.82, 2.24) is 9.97 Å². The van der Waals surface area contributed by atoms with Crippen molar-refractivity contribution in [3.05, 3.63) is 66.4 Å². The van der Waals surface area contributed by atoms with Crippen LogP contribution in [-0.4, -0.2) is 22.4 Å². The second-order valence-electron chi connectivity index (χ2n) is 5.58. The van der Waals surface area contributed by atoms with Gasteiger partial charge in [-0.25, -0.2) is 4.98 Å². The van der Waals surface area contributed by atoms with E-state index >= 15 is 0 Å². The van der Waals surface area contributed by atoms with E-state index < -0.39 is 0 Å². The predicted molar refractivity (Wildman–Crippen MR) is 103 cm³/mol. The maximum atomic E-state index is 11.5. The lowest BCUT2D eigenvalue weighted by Gasteiger charge is -2.12. The molecule has 26 heavy (non-hydrogen) atoms. The number of ether oxygens (including phenoxy) is 1. The maximum absolute atomic E-state index is 11.5. The third-order valence-electron chi connectivity index (χ3n) is 3.63. The number of para-hydroxylation sites is 2. The highest BCUT2D eigenvalue weighted by Crippen LogP contribution is 2.26. The largest absolute Gasteiger partial charge is 0.492 e. The first-order chi connectivity index (χ1) is 12.7. The number of carbonyl (C=O) groups is 1. The molecule has 132 valence electrons. The highest BCUT2D eigenvalue weighted by molar-refractivity contribution is 5.95. The molecule has 6 heteroatoms. The molecule has 1 heterocycles. The number of rotatable bonds is 7. The zero-order valence-corrected chi connectivity index (χ0v) is 14.7. The number of carbonyl (C=O) groups excluding carboxylic acids is 1. The molecule has 0 saturated carbocycles. The molecule has 0 radical (unpaired) electrons. The van der Waals surface area contributed by atoms with Crippen LogP contribution in [0.3, 0.4) is 0 Å². The van der Waals surface area contributed by atoms with E-state index in [1.165, 1.54) is 0 Å². The van der Waals surface area contributed by atoms with Crippen molar-refractivity contribution in [1.29, 1.82) is 0 Å². The Morgan fingerprint density at radius 1 is 1.08 bits per heavy atom. The standard InChI is InChI=1S/C20H20N4O2/c1-3-26-18-10-5-4-9-17(18)23-20-21-12-11-19(24-20)22-16-8-6-7-15(13-16)14(2)25/h4-13H,3H2,1-2H3,(H2,21,22,23,24). The minimum atomic E-state index is 0.0197. The summed E-state index contributed by atoms with van der Waals surface area (Å²) in [7, 11) is 0. The van der Waals surface area contributed by atoms with Crippen LogP contribution in [0.5, 0.6) is 5.75 Å². The zero-order valence-electron chi connectivity index (χ0n) is 14.7. The number of aromatic nitrogens is 2. The fourth-order valence-electron chi connectivity index (χ4n) is 2.42. The molecular formula is C20H20N4O2. The molecular weight excluding hydrogens is 328 g/mol. The fraction of sp³-hybridized carbons (Fsp3) is 0.150. The van der Waals surface area contributed by atoms with Gasteiger partial charge in [0.2, 0.25) is 5.95 Å². The molecule has 0 unspecified atom stereocenters. The van der Waals surface area contributed by atoms with Gasteiger partial charge >= 0.3 is 0 Å². The molecule has 0 bridgehead atoms. The highest BCUT2D eigenvalue weighted by atomic mass is 16.5. The Morgan fingerprint density at radius 3 is 2.73 bits per heavy atom. The average Bonchev–Trinajstić information content (AvgIpc) is 2.64. The molecule has 0 amide bonds. The predicted octanol–water partition coefficient (Wildman–Crippen LogP) is 4.57. The van der Waals surface area contributed by atoms with Crippen LogP contribution in [0.2, 0.25) is 0 Å². The number of nitrogens with one attached hydrogen (secondary N) is 2. The Bertz CT molecular complexity index is 912. The van der Waals surface area contributed by atoms with Crippen LogP contribution < -0.4 is 15.4 Å². The molecule has 3 rings (SSSR count). The van der Waals surface area contributed by atoms with Crippen molar-refractivity contribution in [3.8, 4) is 5.75 Å². The van der Waals surface area contributed by atoms with Gasteiger partial charge in [0.05, 0.1) is 12.3 Å². The van der Waals surface area contributed by atoms with Gasteiger partial charge in [0.25, 0.3) is 0 Å². The number of hydrogen-bond donors (Lipinski definition) is 2. The van der Waals surface area contributed by atoms with Crippen LogP contribution in [0.4, 0.5) is 23.1 Å². The van der Waals surface area contributed by atoms with E-state index in [1.807, 2.05) is 43.3 Å². The van der Waals surface area contributed by atoms with Crippen LogP contribution >= 0.6 is 0 Å². The second kappa shape index (κ2) is 8.11. The first-order valence-corrected chi connectivity index (χ1v) is 8.35. The lowest BCUT2D eigenvalue weighted by molar-refractivity contribution is 0.101. The van der Waals surface area contributed by atoms with Crippen molar-refractivity contribution in [3.63, 3.8) is 0 Å². The molecule has 2 N–H and O–H groups in total. The molecule has 0 aliphatic carbocycles. The highest BCUT2D eigenvalue weighted by Gasteiger charge is 2.06.